The number of imidazole rings is 1. The average molecular weight is 238 g/mol. The van der Waals surface area contributed by atoms with Gasteiger partial charge in [0.05, 0.1) is 11.4 Å². The van der Waals surface area contributed by atoms with Gasteiger partial charge in [-0.05, 0) is 12.8 Å². The van der Waals surface area contributed by atoms with Crippen molar-refractivity contribution in [1.29, 1.82) is 0 Å². The molecule has 1 unspecified atom stereocenters. The maximum absolute atomic E-state index is 11.3. The van der Waals surface area contributed by atoms with Crippen molar-refractivity contribution in [2.75, 3.05) is 0 Å². The molecule has 2 rings (SSSR count). The van der Waals surface area contributed by atoms with Crippen LogP contribution in [0.4, 0.5) is 0 Å². The van der Waals surface area contributed by atoms with E-state index in [4.69, 9.17) is 0 Å². The molecule has 0 aliphatic carbocycles. The zero-order valence-electron chi connectivity index (χ0n) is 9.47. The molecule has 0 spiro atoms. The second kappa shape index (κ2) is 3.90. The van der Waals surface area contributed by atoms with E-state index in [2.05, 4.69) is 4.98 Å². The van der Waals surface area contributed by atoms with E-state index in [0.29, 0.717) is 0 Å². The molecular weight excluding hydrogens is 224 g/mol. The molecule has 0 radical (unpaired) electrons. The van der Waals surface area contributed by atoms with E-state index in [0.717, 1.165) is 16.3 Å². The highest BCUT2D eigenvalue weighted by molar-refractivity contribution is 7.15. The number of nitrogens with zero attached hydrogens (tertiary/aromatic N) is 2. The van der Waals surface area contributed by atoms with Crippen LogP contribution < -0.4 is 0 Å². The number of carboxylic acids is 1. The van der Waals surface area contributed by atoms with Crippen molar-refractivity contribution in [3.05, 3.63) is 23.0 Å². The van der Waals surface area contributed by atoms with E-state index in [9.17, 15) is 9.90 Å². The molecule has 0 fully saturated rings. The Morgan fingerprint density at radius 2 is 2.25 bits per heavy atom. The lowest BCUT2D eigenvalue weighted by molar-refractivity contribution is -0.140. The summed E-state index contributed by atoms with van der Waals surface area (Å²) in [5, 5.41) is 11.2. The number of aromatic nitrogens is 2. The highest BCUT2D eigenvalue weighted by Gasteiger charge is 2.29. The largest absolute Gasteiger partial charge is 0.481 e. The molecule has 2 aromatic rings. The van der Waals surface area contributed by atoms with Gasteiger partial charge in [-0.15, -0.1) is 11.3 Å². The average Bonchev–Trinajstić information content (AvgIpc) is 2.68. The number of carbonyl (C=O) groups is 1. The Labute approximate surface area is 97.6 Å². The van der Waals surface area contributed by atoms with Gasteiger partial charge in [-0.25, -0.2) is 4.98 Å². The van der Waals surface area contributed by atoms with Gasteiger partial charge >= 0.3 is 5.97 Å². The van der Waals surface area contributed by atoms with E-state index >= 15 is 0 Å². The van der Waals surface area contributed by atoms with Crippen LogP contribution in [-0.2, 0) is 4.79 Å². The maximum atomic E-state index is 11.3. The highest BCUT2D eigenvalue weighted by atomic mass is 32.1. The third-order valence-electron chi connectivity index (χ3n) is 2.71. The number of fused-ring (bicyclic) bond motifs is 1. The Bertz CT molecular complexity index is 527. The first-order chi connectivity index (χ1) is 7.52. The number of thiazole rings is 1. The topological polar surface area (TPSA) is 54.6 Å². The second-order valence-electron chi connectivity index (χ2n) is 4.20. The van der Waals surface area contributed by atoms with Crippen molar-refractivity contribution in [3.8, 4) is 0 Å². The Balaban J connectivity index is 2.63. The molecule has 16 heavy (non-hydrogen) atoms. The second-order valence-corrected chi connectivity index (χ2v) is 5.07. The van der Waals surface area contributed by atoms with Gasteiger partial charge in [0.15, 0.2) is 4.96 Å². The monoisotopic (exact) mass is 238 g/mol. The third-order valence-corrected chi connectivity index (χ3v) is 3.47. The summed E-state index contributed by atoms with van der Waals surface area (Å²) in [4.78, 5) is 16.6. The number of carboxylic acid groups (broad SMARTS) is 1. The minimum Gasteiger partial charge on any atom is -0.481 e. The van der Waals surface area contributed by atoms with Crippen molar-refractivity contribution < 1.29 is 9.90 Å². The fraction of sp³-hybridized carbons (Fsp3) is 0.455. The van der Waals surface area contributed by atoms with Crippen LogP contribution in [0.2, 0.25) is 0 Å². The number of rotatable bonds is 3. The normalized spacial score (nSPS) is 13.5. The summed E-state index contributed by atoms with van der Waals surface area (Å²) < 4.78 is 1.89. The third kappa shape index (κ3) is 1.61. The Morgan fingerprint density at radius 1 is 1.56 bits per heavy atom. The lowest BCUT2D eigenvalue weighted by Crippen LogP contribution is -2.19. The van der Waals surface area contributed by atoms with Crippen LogP contribution in [0.15, 0.2) is 11.6 Å². The fourth-order valence-corrected chi connectivity index (χ4v) is 2.77. The number of aliphatic carboxylic acids is 1. The van der Waals surface area contributed by atoms with Gasteiger partial charge < -0.3 is 5.11 Å². The van der Waals surface area contributed by atoms with Crippen LogP contribution in [0.25, 0.3) is 4.96 Å². The van der Waals surface area contributed by atoms with Crippen LogP contribution in [0.3, 0.4) is 0 Å². The smallest absolute Gasteiger partial charge is 0.312 e. The summed E-state index contributed by atoms with van der Waals surface area (Å²) in [6.07, 6.45) is 1.88. The van der Waals surface area contributed by atoms with Crippen molar-refractivity contribution in [1.82, 2.24) is 9.38 Å². The molecule has 1 atom stereocenters. The quantitative estimate of drug-likeness (QED) is 0.894. The summed E-state index contributed by atoms with van der Waals surface area (Å²) in [6.45, 7) is 5.71. The zero-order valence-corrected chi connectivity index (χ0v) is 10.3. The van der Waals surface area contributed by atoms with Gasteiger partial charge in [-0.1, -0.05) is 13.8 Å². The molecule has 0 saturated carbocycles. The van der Waals surface area contributed by atoms with Crippen LogP contribution in [-0.4, -0.2) is 20.5 Å². The highest BCUT2D eigenvalue weighted by Crippen LogP contribution is 2.29. The van der Waals surface area contributed by atoms with Gasteiger partial charge in [0, 0.05) is 11.6 Å². The SMILES string of the molecule is Cc1nc2sccn2c1C(C(=O)O)C(C)C. The fourth-order valence-electron chi connectivity index (χ4n) is 2.00. The van der Waals surface area contributed by atoms with Crippen molar-refractivity contribution in [2.45, 2.75) is 26.7 Å². The van der Waals surface area contributed by atoms with E-state index in [1.165, 1.54) is 11.3 Å². The van der Waals surface area contributed by atoms with E-state index in [1.54, 1.807) is 0 Å². The van der Waals surface area contributed by atoms with Gasteiger partial charge in [0.2, 0.25) is 0 Å². The van der Waals surface area contributed by atoms with Gasteiger partial charge in [-0.3, -0.25) is 9.20 Å². The maximum Gasteiger partial charge on any atom is 0.312 e. The number of hydrogen-bond acceptors (Lipinski definition) is 3. The molecule has 2 aromatic heterocycles. The van der Waals surface area contributed by atoms with Crippen molar-refractivity contribution >= 4 is 22.3 Å². The first-order valence-corrected chi connectivity index (χ1v) is 6.05. The molecule has 5 heteroatoms. The zero-order chi connectivity index (χ0) is 11.9. The van der Waals surface area contributed by atoms with Crippen molar-refractivity contribution in [3.63, 3.8) is 0 Å². The number of aryl methyl sites for hydroxylation is 1. The van der Waals surface area contributed by atoms with E-state index in [-0.39, 0.29) is 5.92 Å². The van der Waals surface area contributed by atoms with Gasteiger partial charge in [0.25, 0.3) is 0 Å². The molecule has 86 valence electrons. The molecular formula is C11H14N2O2S. The van der Waals surface area contributed by atoms with Crippen LogP contribution in [0.1, 0.15) is 31.2 Å². The van der Waals surface area contributed by atoms with Crippen molar-refractivity contribution in [2.24, 2.45) is 5.92 Å². The molecule has 0 saturated heterocycles. The Hall–Kier alpha value is -1.36. The predicted octanol–water partition coefficient (Wildman–Crippen LogP) is 2.53. The molecule has 0 amide bonds. The summed E-state index contributed by atoms with van der Waals surface area (Å²) in [7, 11) is 0. The lowest BCUT2D eigenvalue weighted by atomic mass is 9.91. The van der Waals surface area contributed by atoms with Gasteiger partial charge in [0.1, 0.15) is 5.92 Å². The minimum atomic E-state index is -0.786. The first-order valence-electron chi connectivity index (χ1n) is 5.17. The number of hydrogen-bond donors (Lipinski definition) is 1. The minimum absolute atomic E-state index is 0.0519. The van der Waals surface area contributed by atoms with Crippen LogP contribution in [0, 0.1) is 12.8 Å². The van der Waals surface area contributed by atoms with Crippen LogP contribution >= 0.6 is 11.3 Å². The van der Waals surface area contributed by atoms with E-state index in [1.807, 2.05) is 36.7 Å². The standard InChI is InChI=1S/C11H14N2O2S/c1-6(2)8(10(14)15)9-7(3)12-11-13(9)4-5-16-11/h4-6,8H,1-3H3,(H,14,15). The summed E-state index contributed by atoms with van der Waals surface area (Å²) >= 11 is 1.52. The summed E-state index contributed by atoms with van der Waals surface area (Å²) in [5.74, 6) is -1.23. The molecule has 2 heterocycles. The Morgan fingerprint density at radius 3 is 2.81 bits per heavy atom. The predicted molar refractivity (Wildman–Crippen MR) is 63.0 cm³/mol. The molecule has 0 aliphatic heterocycles. The first kappa shape index (κ1) is 11.1. The molecule has 0 aliphatic rings. The Kier molecular flexibility index (Phi) is 2.71. The summed E-state index contributed by atoms with van der Waals surface area (Å²) in [6, 6.07) is 0. The molecule has 0 aromatic carbocycles. The van der Waals surface area contributed by atoms with Crippen LogP contribution in [0.5, 0.6) is 0 Å². The lowest BCUT2D eigenvalue weighted by Gasteiger charge is -2.16. The molecule has 4 nitrogen and oxygen atoms in total. The summed E-state index contributed by atoms with van der Waals surface area (Å²) in [5.41, 5.74) is 1.62. The molecule has 0 bridgehead atoms. The van der Waals surface area contributed by atoms with Gasteiger partial charge in [-0.2, -0.15) is 0 Å². The molecule has 1 N–H and O–H groups in total. The van der Waals surface area contributed by atoms with E-state index < -0.39 is 11.9 Å².